The summed E-state index contributed by atoms with van der Waals surface area (Å²) >= 11 is 0. The number of carbonyl (C=O) groups is 1. The van der Waals surface area contributed by atoms with Crippen molar-refractivity contribution >= 4 is 5.91 Å². The maximum Gasteiger partial charge on any atom is 0.293 e. The Hall–Kier alpha value is -1.89. The Bertz CT molecular complexity index is 404. The number of carbonyl (C=O) groups excluding carboxylic acids is 1. The van der Waals surface area contributed by atoms with Crippen molar-refractivity contribution in [3.05, 3.63) is 35.4 Å². The molecule has 0 fully saturated rings. The van der Waals surface area contributed by atoms with Crippen LogP contribution in [0.3, 0.4) is 0 Å². The predicted octanol–water partition coefficient (Wildman–Crippen LogP) is 0.802. The lowest BCUT2D eigenvalue weighted by molar-refractivity contribution is -0.112. The van der Waals surface area contributed by atoms with Gasteiger partial charge in [0, 0.05) is 5.92 Å². The van der Waals surface area contributed by atoms with E-state index in [9.17, 15) is 13.6 Å². The van der Waals surface area contributed by atoms with Gasteiger partial charge in [0.2, 0.25) is 0 Å². The van der Waals surface area contributed by atoms with Crippen molar-refractivity contribution in [2.75, 3.05) is 0 Å². The molecule has 0 heterocycles. The molecule has 1 rings (SSSR count). The van der Waals surface area contributed by atoms with E-state index in [1.807, 2.05) is 5.92 Å². The molecule has 0 aliphatic carbocycles. The molecule has 0 aromatic heterocycles. The molecule has 1 aromatic carbocycles. The molecular formula is C9H5F2NO. The second-order valence-corrected chi connectivity index (χ2v) is 2.24. The summed E-state index contributed by atoms with van der Waals surface area (Å²) in [7, 11) is 0. The van der Waals surface area contributed by atoms with Gasteiger partial charge in [0.15, 0.2) is 0 Å². The van der Waals surface area contributed by atoms with Gasteiger partial charge >= 0.3 is 0 Å². The summed E-state index contributed by atoms with van der Waals surface area (Å²) in [5, 5.41) is 0. The number of rotatable bonds is 0. The molecule has 0 unspecified atom stereocenters. The van der Waals surface area contributed by atoms with Crippen LogP contribution in [-0.4, -0.2) is 5.91 Å². The van der Waals surface area contributed by atoms with Crippen molar-refractivity contribution in [2.24, 2.45) is 5.73 Å². The highest BCUT2D eigenvalue weighted by molar-refractivity contribution is 5.92. The summed E-state index contributed by atoms with van der Waals surface area (Å²) in [6.45, 7) is 0. The van der Waals surface area contributed by atoms with Crippen molar-refractivity contribution in [1.82, 2.24) is 0 Å². The highest BCUT2D eigenvalue weighted by Gasteiger charge is 1.99. The Balaban J connectivity index is 3.09. The summed E-state index contributed by atoms with van der Waals surface area (Å²) in [5.74, 6) is 1.84. The van der Waals surface area contributed by atoms with Gasteiger partial charge in [-0.15, -0.1) is 0 Å². The summed E-state index contributed by atoms with van der Waals surface area (Å²) in [4.78, 5) is 10.2. The van der Waals surface area contributed by atoms with E-state index in [0.29, 0.717) is 0 Å². The van der Waals surface area contributed by atoms with Crippen LogP contribution in [0.4, 0.5) is 8.78 Å². The average Bonchev–Trinajstić information content (AvgIpc) is 2.06. The smallest absolute Gasteiger partial charge is 0.293 e. The van der Waals surface area contributed by atoms with E-state index in [2.05, 4.69) is 5.92 Å². The fraction of sp³-hybridized carbons (Fsp3) is 0. The Morgan fingerprint density at radius 2 is 2.08 bits per heavy atom. The fourth-order valence-corrected chi connectivity index (χ4v) is 0.722. The fourth-order valence-electron chi connectivity index (χ4n) is 0.722. The molecule has 1 aromatic rings. The molecule has 2 N–H and O–H groups in total. The summed E-state index contributed by atoms with van der Waals surface area (Å²) < 4.78 is 25.3. The quantitative estimate of drug-likeness (QED) is 0.591. The number of primary amides is 1. The van der Waals surface area contributed by atoms with E-state index in [-0.39, 0.29) is 5.56 Å². The average molecular weight is 181 g/mol. The molecule has 66 valence electrons. The second-order valence-electron chi connectivity index (χ2n) is 2.24. The summed E-state index contributed by atoms with van der Waals surface area (Å²) in [5.41, 5.74) is 4.52. The van der Waals surface area contributed by atoms with Crippen molar-refractivity contribution in [2.45, 2.75) is 0 Å². The van der Waals surface area contributed by atoms with Gasteiger partial charge in [-0.05, 0) is 18.2 Å². The van der Waals surface area contributed by atoms with E-state index in [1.54, 1.807) is 0 Å². The number of hydrogen-bond donors (Lipinski definition) is 1. The van der Waals surface area contributed by atoms with E-state index in [0.717, 1.165) is 18.2 Å². The van der Waals surface area contributed by atoms with Gasteiger partial charge in [-0.25, -0.2) is 8.78 Å². The molecule has 0 bridgehead atoms. The van der Waals surface area contributed by atoms with Gasteiger partial charge in [-0.3, -0.25) is 4.79 Å². The number of hydrogen-bond acceptors (Lipinski definition) is 1. The van der Waals surface area contributed by atoms with Crippen molar-refractivity contribution in [3.63, 3.8) is 0 Å². The van der Waals surface area contributed by atoms with E-state index in [1.165, 1.54) is 0 Å². The lowest BCUT2D eigenvalue weighted by atomic mass is 10.2. The van der Waals surface area contributed by atoms with Gasteiger partial charge in [0.05, 0.1) is 5.56 Å². The molecule has 1 amide bonds. The Morgan fingerprint density at radius 1 is 1.38 bits per heavy atom. The minimum absolute atomic E-state index is 0.182. The third kappa shape index (κ3) is 2.56. The molecule has 0 spiro atoms. The SMILES string of the molecule is NC(=O)C#Cc1cc(F)ccc1F. The van der Waals surface area contributed by atoms with Crippen LogP contribution in [0.1, 0.15) is 5.56 Å². The number of benzene rings is 1. The van der Waals surface area contributed by atoms with Crippen LogP contribution in [0.25, 0.3) is 0 Å². The van der Waals surface area contributed by atoms with Crippen LogP contribution in [0.2, 0.25) is 0 Å². The zero-order valence-corrected chi connectivity index (χ0v) is 6.47. The lowest BCUT2D eigenvalue weighted by Gasteiger charge is -1.92. The van der Waals surface area contributed by atoms with Crippen LogP contribution >= 0.6 is 0 Å². The highest BCUT2D eigenvalue weighted by atomic mass is 19.1. The van der Waals surface area contributed by atoms with Crippen molar-refractivity contribution < 1.29 is 13.6 Å². The molecule has 0 radical (unpaired) electrons. The monoisotopic (exact) mass is 181 g/mol. The topological polar surface area (TPSA) is 43.1 Å². The lowest BCUT2D eigenvalue weighted by Crippen LogP contribution is -2.06. The minimum atomic E-state index is -0.885. The van der Waals surface area contributed by atoms with Gasteiger partial charge in [0.1, 0.15) is 11.6 Å². The van der Waals surface area contributed by atoms with E-state index >= 15 is 0 Å². The van der Waals surface area contributed by atoms with E-state index in [4.69, 9.17) is 5.73 Å². The van der Waals surface area contributed by atoms with Crippen LogP contribution in [0.15, 0.2) is 18.2 Å². The molecular weight excluding hydrogens is 176 g/mol. The van der Waals surface area contributed by atoms with E-state index < -0.39 is 17.5 Å². The molecule has 13 heavy (non-hydrogen) atoms. The van der Waals surface area contributed by atoms with Crippen molar-refractivity contribution in [3.8, 4) is 11.8 Å². The standard InChI is InChI=1S/C9H5F2NO/c10-7-2-3-8(11)6(5-7)1-4-9(12)13/h2-3,5H,(H2,12,13). The van der Waals surface area contributed by atoms with Crippen LogP contribution in [-0.2, 0) is 4.79 Å². The third-order valence-corrected chi connectivity index (χ3v) is 1.25. The van der Waals surface area contributed by atoms with Crippen LogP contribution in [0.5, 0.6) is 0 Å². The molecule has 0 saturated carbocycles. The molecule has 2 nitrogen and oxygen atoms in total. The zero-order chi connectivity index (χ0) is 9.84. The van der Waals surface area contributed by atoms with Gasteiger partial charge < -0.3 is 5.73 Å². The number of nitrogens with two attached hydrogens (primary N) is 1. The summed E-state index contributed by atoms with van der Waals surface area (Å²) in [6.07, 6.45) is 0. The second kappa shape index (κ2) is 3.68. The highest BCUT2D eigenvalue weighted by Crippen LogP contribution is 2.07. The molecule has 0 saturated heterocycles. The van der Waals surface area contributed by atoms with Crippen LogP contribution < -0.4 is 5.73 Å². The first-order chi connectivity index (χ1) is 6.09. The zero-order valence-electron chi connectivity index (χ0n) is 6.47. The van der Waals surface area contributed by atoms with Crippen LogP contribution in [0, 0.1) is 23.5 Å². The Kier molecular flexibility index (Phi) is 2.60. The first kappa shape index (κ1) is 9.20. The maximum absolute atomic E-state index is 12.8. The Morgan fingerprint density at radius 3 is 2.69 bits per heavy atom. The van der Waals surface area contributed by atoms with Gasteiger partial charge in [-0.2, -0.15) is 0 Å². The molecule has 4 heteroatoms. The predicted molar refractivity (Wildman–Crippen MR) is 42.4 cm³/mol. The summed E-state index contributed by atoms with van der Waals surface area (Å²) in [6, 6.07) is 2.79. The minimum Gasteiger partial charge on any atom is -0.359 e. The first-order valence-electron chi connectivity index (χ1n) is 3.36. The first-order valence-corrected chi connectivity index (χ1v) is 3.36. The number of amides is 1. The molecule has 0 atom stereocenters. The molecule has 0 aliphatic heterocycles. The maximum atomic E-state index is 12.8. The Labute approximate surface area is 73.4 Å². The third-order valence-electron chi connectivity index (χ3n) is 1.25. The normalized spacial score (nSPS) is 8.77. The molecule has 0 aliphatic rings. The van der Waals surface area contributed by atoms with Gasteiger partial charge in [-0.1, -0.05) is 5.92 Å². The number of halogens is 2. The largest absolute Gasteiger partial charge is 0.359 e. The van der Waals surface area contributed by atoms with Crippen molar-refractivity contribution in [1.29, 1.82) is 0 Å². The van der Waals surface area contributed by atoms with Gasteiger partial charge in [0.25, 0.3) is 5.91 Å².